The highest BCUT2D eigenvalue weighted by Gasteiger charge is 2.50. The maximum atomic E-state index is 13.0. The summed E-state index contributed by atoms with van der Waals surface area (Å²) in [6.07, 6.45) is 1.28. The molecule has 1 spiro atoms. The van der Waals surface area contributed by atoms with Crippen LogP contribution >= 0.6 is 0 Å². The van der Waals surface area contributed by atoms with Gasteiger partial charge in [0.2, 0.25) is 0 Å². The molecule has 26 heavy (non-hydrogen) atoms. The highest BCUT2D eigenvalue weighted by molar-refractivity contribution is 6.12. The Morgan fingerprint density at radius 1 is 1.23 bits per heavy atom. The van der Waals surface area contributed by atoms with Crippen molar-refractivity contribution < 1.29 is 19.1 Å². The number of nitrogens with zero attached hydrogens (tertiary/aromatic N) is 1. The predicted octanol–water partition coefficient (Wildman–Crippen LogP) is 2.75. The zero-order valence-electron chi connectivity index (χ0n) is 15.8. The predicted molar refractivity (Wildman–Crippen MR) is 99.1 cm³/mol. The minimum atomic E-state index is -0.802. The summed E-state index contributed by atoms with van der Waals surface area (Å²) in [6.45, 7) is 7.58. The van der Waals surface area contributed by atoms with Crippen LogP contribution in [0.15, 0.2) is 35.4 Å². The van der Waals surface area contributed by atoms with E-state index in [1.165, 1.54) is 0 Å². The van der Waals surface area contributed by atoms with E-state index in [1.54, 1.807) is 38.3 Å². The Labute approximate surface area is 154 Å². The number of carbonyl (C=O) groups excluding carboxylic acids is 2. The van der Waals surface area contributed by atoms with Gasteiger partial charge in [-0.05, 0) is 45.0 Å². The molecule has 2 aliphatic rings. The maximum absolute atomic E-state index is 13.0. The number of methoxy groups -OCH3 is 1. The normalized spacial score (nSPS) is 19.8. The van der Waals surface area contributed by atoms with Gasteiger partial charge in [0, 0.05) is 43.2 Å². The van der Waals surface area contributed by atoms with Crippen molar-refractivity contribution in [1.82, 2.24) is 4.90 Å². The quantitative estimate of drug-likeness (QED) is 0.838. The Morgan fingerprint density at radius 2 is 1.85 bits per heavy atom. The van der Waals surface area contributed by atoms with E-state index in [-0.39, 0.29) is 11.9 Å². The SMILES string of the molecule is COc1ccc(NC(=O)C2=C(C)C(=O)OC23CCN(C(C)C)CC3)cc1. The van der Waals surface area contributed by atoms with Gasteiger partial charge in [-0.3, -0.25) is 4.79 Å². The smallest absolute Gasteiger partial charge is 0.335 e. The first-order chi connectivity index (χ1) is 12.4. The highest BCUT2D eigenvalue weighted by atomic mass is 16.6. The van der Waals surface area contributed by atoms with E-state index in [2.05, 4.69) is 24.1 Å². The molecule has 1 aromatic rings. The molecule has 1 fully saturated rings. The molecule has 0 aromatic heterocycles. The molecule has 1 N–H and O–H groups in total. The zero-order valence-corrected chi connectivity index (χ0v) is 15.8. The molecule has 0 aliphatic carbocycles. The van der Waals surface area contributed by atoms with E-state index in [1.807, 2.05) is 0 Å². The summed E-state index contributed by atoms with van der Waals surface area (Å²) in [4.78, 5) is 27.5. The van der Waals surface area contributed by atoms with Crippen molar-refractivity contribution in [3.63, 3.8) is 0 Å². The Bertz CT molecular complexity index is 729. The summed E-state index contributed by atoms with van der Waals surface area (Å²) in [5, 5.41) is 2.89. The lowest BCUT2D eigenvalue weighted by Gasteiger charge is -2.40. The van der Waals surface area contributed by atoms with Crippen LogP contribution in [0.2, 0.25) is 0 Å². The zero-order chi connectivity index (χ0) is 18.9. The number of nitrogens with one attached hydrogen (secondary N) is 1. The number of ether oxygens (including phenoxy) is 2. The summed E-state index contributed by atoms with van der Waals surface area (Å²) in [5.74, 6) is 0.0645. The molecule has 2 heterocycles. The van der Waals surface area contributed by atoms with Crippen LogP contribution in [0.25, 0.3) is 0 Å². The van der Waals surface area contributed by atoms with Crippen LogP contribution in [0.5, 0.6) is 5.75 Å². The van der Waals surface area contributed by atoms with Gasteiger partial charge in [0.05, 0.1) is 12.7 Å². The standard InChI is InChI=1S/C20H26N2O4/c1-13(2)22-11-9-20(10-12-22)17(14(3)19(24)26-20)18(23)21-15-5-7-16(25-4)8-6-15/h5-8,13H,9-12H2,1-4H3,(H,21,23). The number of hydrogen-bond donors (Lipinski definition) is 1. The number of likely N-dealkylation sites (tertiary alicyclic amines) is 1. The van der Waals surface area contributed by atoms with Gasteiger partial charge < -0.3 is 19.7 Å². The molecule has 2 aliphatic heterocycles. The molecule has 0 unspecified atom stereocenters. The Hall–Kier alpha value is -2.34. The molecule has 1 amide bonds. The summed E-state index contributed by atoms with van der Waals surface area (Å²) in [6, 6.07) is 7.55. The highest BCUT2D eigenvalue weighted by Crippen LogP contribution is 2.41. The van der Waals surface area contributed by atoms with Crippen molar-refractivity contribution in [1.29, 1.82) is 0 Å². The second-order valence-electron chi connectivity index (χ2n) is 7.20. The molecule has 6 nitrogen and oxygen atoms in total. The molecule has 0 saturated carbocycles. The van der Waals surface area contributed by atoms with Crippen molar-refractivity contribution in [2.45, 2.75) is 45.3 Å². The minimum absolute atomic E-state index is 0.267. The molecule has 3 rings (SSSR count). The van der Waals surface area contributed by atoms with Gasteiger partial charge in [-0.2, -0.15) is 0 Å². The van der Waals surface area contributed by atoms with Crippen molar-refractivity contribution in [3.05, 3.63) is 35.4 Å². The van der Waals surface area contributed by atoms with E-state index in [4.69, 9.17) is 9.47 Å². The number of anilines is 1. The maximum Gasteiger partial charge on any atom is 0.335 e. The van der Waals surface area contributed by atoms with Crippen LogP contribution in [-0.2, 0) is 14.3 Å². The van der Waals surface area contributed by atoms with Crippen LogP contribution in [0, 0.1) is 0 Å². The van der Waals surface area contributed by atoms with Gasteiger partial charge in [-0.25, -0.2) is 4.79 Å². The first-order valence-corrected chi connectivity index (χ1v) is 9.00. The fourth-order valence-corrected chi connectivity index (χ4v) is 3.75. The molecule has 140 valence electrons. The second kappa shape index (κ2) is 7.11. The third-order valence-corrected chi connectivity index (χ3v) is 5.34. The first-order valence-electron chi connectivity index (χ1n) is 9.00. The Balaban J connectivity index is 1.80. The van der Waals surface area contributed by atoms with Gasteiger partial charge in [0.15, 0.2) is 0 Å². The average Bonchev–Trinajstić information content (AvgIpc) is 2.86. The molecular weight excluding hydrogens is 332 g/mol. The molecular formula is C20H26N2O4. The molecule has 6 heteroatoms. The minimum Gasteiger partial charge on any atom is -0.497 e. The lowest BCUT2D eigenvalue weighted by Crippen LogP contribution is -2.49. The molecule has 0 bridgehead atoms. The van der Waals surface area contributed by atoms with Gasteiger partial charge >= 0.3 is 5.97 Å². The fraction of sp³-hybridized carbons (Fsp3) is 0.500. The van der Waals surface area contributed by atoms with Crippen molar-refractivity contribution in [2.75, 3.05) is 25.5 Å². The van der Waals surface area contributed by atoms with Gasteiger partial charge in [-0.15, -0.1) is 0 Å². The summed E-state index contributed by atoms with van der Waals surface area (Å²) < 4.78 is 10.9. The lowest BCUT2D eigenvalue weighted by molar-refractivity contribution is -0.151. The topological polar surface area (TPSA) is 67.9 Å². The number of piperidine rings is 1. The average molecular weight is 358 g/mol. The number of carbonyl (C=O) groups is 2. The molecule has 1 saturated heterocycles. The number of hydrogen-bond acceptors (Lipinski definition) is 5. The first kappa shape index (κ1) is 18.5. The van der Waals surface area contributed by atoms with Crippen LogP contribution in [-0.4, -0.2) is 48.6 Å². The van der Waals surface area contributed by atoms with E-state index in [0.29, 0.717) is 35.7 Å². The van der Waals surface area contributed by atoms with E-state index < -0.39 is 5.60 Å². The van der Waals surface area contributed by atoms with Gasteiger partial charge in [0.25, 0.3) is 5.91 Å². The molecule has 1 aromatic carbocycles. The third-order valence-electron chi connectivity index (χ3n) is 5.34. The molecule has 0 radical (unpaired) electrons. The van der Waals surface area contributed by atoms with Crippen LogP contribution in [0.1, 0.15) is 33.6 Å². The van der Waals surface area contributed by atoms with E-state index in [9.17, 15) is 9.59 Å². The number of rotatable bonds is 4. The van der Waals surface area contributed by atoms with Gasteiger partial charge in [0.1, 0.15) is 11.4 Å². The summed E-state index contributed by atoms with van der Waals surface area (Å²) >= 11 is 0. The third kappa shape index (κ3) is 3.33. The van der Waals surface area contributed by atoms with Crippen LogP contribution in [0.4, 0.5) is 5.69 Å². The summed E-state index contributed by atoms with van der Waals surface area (Å²) in [7, 11) is 1.59. The Morgan fingerprint density at radius 3 is 2.38 bits per heavy atom. The Kier molecular flexibility index (Phi) is 5.05. The summed E-state index contributed by atoms with van der Waals surface area (Å²) in [5.41, 5.74) is 0.740. The monoisotopic (exact) mass is 358 g/mol. The van der Waals surface area contributed by atoms with Crippen LogP contribution in [0.3, 0.4) is 0 Å². The lowest BCUT2D eigenvalue weighted by atomic mass is 9.82. The van der Waals surface area contributed by atoms with Crippen LogP contribution < -0.4 is 10.1 Å². The number of benzene rings is 1. The largest absolute Gasteiger partial charge is 0.497 e. The number of amides is 1. The molecule has 0 atom stereocenters. The number of esters is 1. The van der Waals surface area contributed by atoms with E-state index in [0.717, 1.165) is 18.8 Å². The van der Waals surface area contributed by atoms with Crippen molar-refractivity contribution >= 4 is 17.6 Å². The van der Waals surface area contributed by atoms with E-state index >= 15 is 0 Å². The fourth-order valence-electron chi connectivity index (χ4n) is 3.75. The second-order valence-corrected chi connectivity index (χ2v) is 7.20. The van der Waals surface area contributed by atoms with Crippen molar-refractivity contribution in [2.24, 2.45) is 0 Å². The van der Waals surface area contributed by atoms with Gasteiger partial charge in [-0.1, -0.05) is 0 Å². The van der Waals surface area contributed by atoms with Crippen molar-refractivity contribution in [3.8, 4) is 5.75 Å².